The molecule has 12 heteroatoms. The molecule has 9 nitrogen and oxygen atoms in total. The standard InChI is InChI=1S/C31H29F3N8O/c1-3-37-27-11-21(23-8-19(13-35)6-7-22(23)29-40-38-17-41(29)2)12-28(39-27)42-16-25-24(30(42)43)9-20(10-26(25)31(32,33)34)15-36-14-18-4-5-18/h6-12,17-18,36H,3-5,14-16H2,1-2H3,(H,37,39). The molecule has 0 radical (unpaired) electrons. The van der Waals surface area contributed by atoms with E-state index < -0.39 is 17.6 Å². The van der Waals surface area contributed by atoms with Crippen LogP contribution in [0.5, 0.6) is 0 Å². The molecule has 4 aromatic rings. The number of fused-ring (bicyclic) bond motifs is 1. The second-order valence-electron chi connectivity index (χ2n) is 10.9. The zero-order valence-electron chi connectivity index (χ0n) is 23.7. The van der Waals surface area contributed by atoms with Crippen LogP contribution in [0.2, 0.25) is 0 Å². The molecule has 220 valence electrons. The maximum atomic E-state index is 14.3. The number of carbonyl (C=O) groups excluding carboxylic acids is 1. The molecule has 0 unspecified atom stereocenters. The van der Waals surface area contributed by atoms with Crippen molar-refractivity contribution in [2.75, 3.05) is 23.3 Å². The number of pyridine rings is 1. The molecule has 0 bridgehead atoms. The Kier molecular flexibility index (Phi) is 7.35. The van der Waals surface area contributed by atoms with Gasteiger partial charge in [0.2, 0.25) is 0 Å². The Hall–Kier alpha value is -4.76. The van der Waals surface area contributed by atoms with Crippen LogP contribution >= 0.6 is 0 Å². The Balaban J connectivity index is 1.43. The van der Waals surface area contributed by atoms with E-state index in [1.54, 1.807) is 54.3 Å². The lowest BCUT2D eigenvalue weighted by molar-refractivity contribution is -0.138. The van der Waals surface area contributed by atoms with E-state index in [0.717, 1.165) is 25.5 Å². The number of nitrogens with one attached hydrogen (secondary N) is 2. The molecule has 43 heavy (non-hydrogen) atoms. The number of alkyl halides is 3. The summed E-state index contributed by atoms with van der Waals surface area (Å²) in [7, 11) is 1.80. The molecule has 0 spiro atoms. The number of hydrogen-bond acceptors (Lipinski definition) is 7. The van der Waals surface area contributed by atoms with Gasteiger partial charge >= 0.3 is 6.18 Å². The predicted octanol–water partition coefficient (Wildman–Crippen LogP) is 5.53. The van der Waals surface area contributed by atoms with Gasteiger partial charge < -0.3 is 15.2 Å². The van der Waals surface area contributed by atoms with Crippen LogP contribution in [0.25, 0.3) is 22.5 Å². The number of nitriles is 1. The molecule has 1 aliphatic carbocycles. The van der Waals surface area contributed by atoms with Gasteiger partial charge in [-0.15, -0.1) is 10.2 Å². The van der Waals surface area contributed by atoms with Crippen molar-refractivity contribution >= 4 is 17.5 Å². The summed E-state index contributed by atoms with van der Waals surface area (Å²) in [6.45, 7) is 3.13. The second-order valence-corrected chi connectivity index (χ2v) is 10.9. The van der Waals surface area contributed by atoms with Crippen LogP contribution < -0.4 is 15.5 Å². The Bertz CT molecular complexity index is 1750. The van der Waals surface area contributed by atoms with Crippen LogP contribution in [0.4, 0.5) is 24.8 Å². The molecule has 3 heterocycles. The van der Waals surface area contributed by atoms with Gasteiger partial charge in [0.25, 0.3) is 5.91 Å². The average Bonchev–Trinajstić information content (AvgIpc) is 3.62. The zero-order valence-corrected chi connectivity index (χ0v) is 23.7. The minimum absolute atomic E-state index is 0.0292. The first kappa shape index (κ1) is 28.4. The number of benzene rings is 2. The van der Waals surface area contributed by atoms with Crippen LogP contribution in [0.3, 0.4) is 0 Å². The van der Waals surface area contributed by atoms with E-state index >= 15 is 0 Å². The summed E-state index contributed by atoms with van der Waals surface area (Å²) in [4.78, 5) is 19.6. The summed E-state index contributed by atoms with van der Waals surface area (Å²) in [5.74, 6) is 1.22. The van der Waals surface area contributed by atoms with Gasteiger partial charge in [-0.3, -0.25) is 9.69 Å². The number of hydrogen-bond donors (Lipinski definition) is 2. The smallest absolute Gasteiger partial charge is 0.370 e. The third-order valence-corrected chi connectivity index (χ3v) is 7.72. The Morgan fingerprint density at radius 2 is 1.91 bits per heavy atom. The Morgan fingerprint density at radius 3 is 2.58 bits per heavy atom. The number of halogens is 3. The predicted molar refractivity (Wildman–Crippen MR) is 155 cm³/mol. The highest BCUT2D eigenvalue weighted by Crippen LogP contribution is 2.41. The maximum Gasteiger partial charge on any atom is 0.416 e. The number of amides is 1. The van der Waals surface area contributed by atoms with Gasteiger partial charge in [-0.25, -0.2) is 4.98 Å². The van der Waals surface area contributed by atoms with Gasteiger partial charge in [-0.2, -0.15) is 18.4 Å². The van der Waals surface area contributed by atoms with Crippen LogP contribution in [-0.2, 0) is 26.3 Å². The summed E-state index contributed by atoms with van der Waals surface area (Å²) in [5.41, 5.74) is 1.93. The van der Waals surface area contributed by atoms with Crippen molar-refractivity contribution in [3.05, 3.63) is 76.6 Å². The summed E-state index contributed by atoms with van der Waals surface area (Å²) in [5, 5.41) is 24.2. The molecule has 2 aromatic carbocycles. The second kappa shape index (κ2) is 11.1. The van der Waals surface area contributed by atoms with Crippen molar-refractivity contribution in [2.45, 2.75) is 39.0 Å². The van der Waals surface area contributed by atoms with Crippen LogP contribution in [0, 0.1) is 17.2 Å². The number of carbonyl (C=O) groups is 1. The van der Waals surface area contributed by atoms with Gasteiger partial charge in [0.05, 0.1) is 23.7 Å². The Labute approximate surface area is 246 Å². The topological polar surface area (TPSA) is 112 Å². The van der Waals surface area contributed by atoms with Gasteiger partial charge in [0.15, 0.2) is 5.82 Å². The molecule has 6 rings (SSSR count). The molecule has 1 aliphatic heterocycles. The minimum Gasteiger partial charge on any atom is -0.370 e. The largest absolute Gasteiger partial charge is 0.416 e. The van der Waals surface area contributed by atoms with Crippen molar-refractivity contribution in [3.8, 4) is 28.6 Å². The average molecular weight is 587 g/mol. The van der Waals surface area contributed by atoms with E-state index in [4.69, 9.17) is 0 Å². The summed E-state index contributed by atoms with van der Waals surface area (Å²) in [6.07, 6.45) is -0.812. The molecule has 2 N–H and O–H groups in total. The summed E-state index contributed by atoms with van der Waals surface area (Å²) < 4.78 is 44.5. The number of rotatable bonds is 9. The number of nitrogens with zero attached hydrogens (tertiary/aromatic N) is 6. The fourth-order valence-electron chi connectivity index (χ4n) is 5.41. The van der Waals surface area contributed by atoms with Gasteiger partial charge in [0, 0.05) is 31.3 Å². The first-order valence-corrected chi connectivity index (χ1v) is 14.1. The van der Waals surface area contributed by atoms with Crippen molar-refractivity contribution in [1.29, 1.82) is 5.26 Å². The SMILES string of the molecule is CCNc1cc(-c2cc(C#N)ccc2-c2nncn2C)cc(N2Cc3c(cc(CNCC4CC4)cc3C(F)(F)F)C2=O)n1. The van der Waals surface area contributed by atoms with Gasteiger partial charge in [-0.1, -0.05) is 0 Å². The quantitative estimate of drug-likeness (QED) is 0.265. The lowest BCUT2D eigenvalue weighted by Gasteiger charge is -2.19. The number of aromatic nitrogens is 4. The molecule has 2 aromatic heterocycles. The van der Waals surface area contributed by atoms with Crippen molar-refractivity contribution in [1.82, 2.24) is 25.1 Å². The summed E-state index contributed by atoms with van der Waals surface area (Å²) >= 11 is 0. The lowest BCUT2D eigenvalue weighted by atomic mass is 9.97. The third kappa shape index (κ3) is 5.68. The molecule has 2 aliphatic rings. The molecule has 1 amide bonds. The fraction of sp³-hybridized carbons (Fsp3) is 0.323. The van der Waals surface area contributed by atoms with E-state index in [9.17, 15) is 23.2 Å². The van der Waals surface area contributed by atoms with E-state index in [0.29, 0.717) is 51.9 Å². The normalized spacial score (nSPS) is 14.6. The fourth-order valence-corrected chi connectivity index (χ4v) is 5.41. The first-order valence-electron chi connectivity index (χ1n) is 14.1. The highest BCUT2D eigenvalue weighted by Gasteiger charge is 2.41. The summed E-state index contributed by atoms with van der Waals surface area (Å²) in [6, 6.07) is 13.5. The number of anilines is 2. The van der Waals surface area contributed by atoms with Crippen LogP contribution in [0.15, 0.2) is 48.8 Å². The van der Waals surface area contributed by atoms with Crippen molar-refractivity contribution in [2.24, 2.45) is 13.0 Å². The molecule has 0 atom stereocenters. The molecule has 1 fully saturated rings. The lowest BCUT2D eigenvalue weighted by Crippen LogP contribution is -2.24. The molecular formula is C31H29F3N8O. The van der Waals surface area contributed by atoms with Crippen LogP contribution in [-0.4, -0.2) is 38.7 Å². The minimum atomic E-state index is -4.63. The van der Waals surface area contributed by atoms with E-state index in [-0.39, 0.29) is 30.0 Å². The molecular weight excluding hydrogens is 557 g/mol. The van der Waals surface area contributed by atoms with E-state index in [2.05, 4.69) is 31.9 Å². The third-order valence-electron chi connectivity index (χ3n) is 7.72. The molecule has 0 saturated heterocycles. The van der Waals surface area contributed by atoms with E-state index in [1.807, 2.05) is 6.92 Å². The van der Waals surface area contributed by atoms with Gasteiger partial charge in [0.1, 0.15) is 18.0 Å². The number of aryl methyl sites for hydroxylation is 1. The van der Waals surface area contributed by atoms with E-state index in [1.165, 1.54) is 4.90 Å². The first-order chi connectivity index (χ1) is 20.7. The Morgan fingerprint density at radius 1 is 1.09 bits per heavy atom. The molecule has 1 saturated carbocycles. The van der Waals surface area contributed by atoms with Crippen molar-refractivity contribution < 1.29 is 18.0 Å². The zero-order chi connectivity index (χ0) is 30.3. The monoisotopic (exact) mass is 586 g/mol. The highest BCUT2D eigenvalue weighted by molar-refractivity contribution is 6.10. The highest BCUT2D eigenvalue weighted by atomic mass is 19.4. The van der Waals surface area contributed by atoms with Crippen molar-refractivity contribution in [3.63, 3.8) is 0 Å². The van der Waals surface area contributed by atoms with Crippen LogP contribution in [0.1, 0.15) is 52.4 Å². The van der Waals surface area contributed by atoms with Gasteiger partial charge in [-0.05, 0) is 96.9 Å². The maximum absolute atomic E-state index is 14.3.